The second-order valence-electron chi connectivity index (χ2n) is 4.73. The van der Waals surface area contributed by atoms with Crippen molar-refractivity contribution in [1.82, 2.24) is 10.3 Å². The first-order valence-electron chi connectivity index (χ1n) is 6.91. The van der Waals surface area contributed by atoms with Gasteiger partial charge in [-0.2, -0.15) is 11.8 Å². The van der Waals surface area contributed by atoms with Crippen molar-refractivity contribution in [3.8, 4) is 0 Å². The molecule has 0 saturated heterocycles. The van der Waals surface area contributed by atoms with Crippen molar-refractivity contribution in [2.45, 2.75) is 25.8 Å². The Hall–Kier alpha value is -1.06. The van der Waals surface area contributed by atoms with Gasteiger partial charge in [-0.1, -0.05) is 25.1 Å². The molecule has 0 spiro atoms. The summed E-state index contributed by atoms with van der Waals surface area (Å²) >= 11 is 1.91. The molecule has 0 aliphatic heterocycles. The predicted octanol–water partition coefficient (Wildman–Crippen LogP) is 4.03. The molecule has 1 heterocycles. The second kappa shape index (κ2) is 7.51. The molecule has 3 heteroatoms. The minimum atomic E-state index is 0.443. The molecule has 2 aromatic rings. The summed E-state index contributed by atoms with van der Waals surface area (Å²) in [4.78, 5) is 4.21. The van der Waals surface area contributed by atoms with Gasteiger partial charge in [0.2, 0.25) is 0 Å². The Bertz CT molecular complexity index is 500. The van der Waals surface area contributed by atoms with Crippen molar-refractivity contribution in [3.05, 3.63) is 42.2 Å². The van der Waals surface area contributed by atoms with E-state index in [4.69, 9.17) is 0 Å². The third kappa shape index (κ3) is 3.71. The standard InChI is InChI=1S/C16H22N2S/c1-3-9-18-16(8-11-19-2)15-6-4-5-13-12-17-10-7-14(13)15/h4-7,10,12,16,18H,3,8-9,11H2,1-2H3. The Morgan fingerprint density at radius 2 is 2.21 bits per heavy atom. The van der Waals surface area contributed by atoms with Crippen molar-refractivity contribution >= 4 is 22.5 Å². The van der Waals surface area contributed by atoms with Crippen LogP contribution in [-0.4, -0.2) is 23.5 Å². The highest BCUT2D eigenvalue weighted by Crippen LogP contribution is 2.26. The number of rotatable bonds is 7. The lowest BCUT2D eigenvalue weighted by atomic mass is 9.98. The normalized spacial score (nSPS) is 12.7. The van der Waals surface area contributed by atoms with Gasteiger partial charge in [-0.05, 0) is 48.4 Å². The van der Waals surface area contributed by atoms with Gasteiger partial charge in [0.05, 0.1) is 0 Å². The van der Waals surface area contributed by atoms with E-state index in [-0.39, 0.29) is 0 Å². The van der Waals surface area contributed by atoms with Crippen LogP contribution in [0.15, 0.2) is 36.7 Å². The SMILES string of the molecule is CCCNC(CCSC)c1cccc2cnccc12. The molecule has 1 N–H and O–H groups in total. The number of hydrogen-bond acceptors (Lipinski definition) is 3. The molecule has 0 bridgehead atoms. The molecule has 2 nitrogen and oxygen atoms in total. The molecule has 0 aliphatic carbocycles. The maximum atomic E-state index is 4.21. The lowest BCUT2D eigenvalue weighted by molar-refractivity contribution is 0.524. The van der Waals surface area contributed by atoms with E-state index in [1.807, 2.05) is 24.2 Å². The van der Waals surface area contributed by atoms with Crippen molar-refractivity contribution < 1.29 is 0 Å². The van der Waals surface area contributed by atoms with E-state index in [9.17, 15) is 0 Å². The summed E-state index contributed by atoms with van der Waals surface area (Å²) in [6.07, 6.45) is 8.34. The van der Waals surface area contributed by atoms with E-state index < -0.39 is 0 Å². The summed E-state index contributed by atoms with van der Waals surface area (Å²) in [6, 6.07) is 9.09. The van der Waals surface area contributed by atoms with Crippen LogP contribution in [0, 0.1) is 0 Å². The van der Waals surface area contributed by atoms with Crippen molar-refractivity contribution in [2.75, 3.05) is 18.6 Å². The number of fused-ring (bicyclic) bond motifs is 1. The van der Waals surface area contributed by atoms with E-state index >= 15 is 0 Å². The van der Waals surface area contributed by atoms with Crippen molar-refractivity contribution in [3.63, 3.8) is 0 Å². The Morgan fingerprint density at radius 3 is 3.00 bits per heavy atom. The molecule has 1 aromatic carbocycles. The highest BCUT2D eigenvalue weighted by Gasteiger charge is 2.13. The monoisotopic (exact) mass is 274 g/mol. The Morgan fingerprint density at radius 1 is 1.32 bits per heavy atom. The summed E-state index contributed by atoms with van der Waals surface area (Å²) in [6.45, 7) is 3.28. The van der Waals surface area contributed by atoms with Crippen LogP contribution in [-0.2, 0) is 0 Å². The number of pyridine rings is 1. The Balaban J connectivity index is 2.31. The average Bonchev–Trinajstić information content (AvgIpc) is 2.47. The first-order valence-corrected chi connectivity index (χ1v) is 8.31. The average molecular weight is 274 g/mol. The number of hydrogen-bond donors (Lipinski definition) is 1. The maximum Gasteiger partial charge on any atom is 0.0346 e. The molecule has 19 heavy (non-hydrogen) atoms. The van der Waals surface area contributed by atoms with Crippen LogP contribution in [0.2, 0.25) is 0 Å². The predicted molar refractivity (Wildman–Crippen MR) is 85.8 cm³/mol. The van der Waals surface area contributed by atoms with Gasteiger partial charge < -0.3 is 5.32 Å². The number of benzene rings is 1. The maximum absolute atomic E-state index is 4.21. The first kappa shape index (κ1) is 14.4. The summed E-state index contributed by atoms with van der Waals surface area (Å²) in [5.41, 5.74) is 1.41. The first-order chi connectivity index (χ1) is 9.36. The minimum absolute atomic E-state index is 0.443. The Labute approximate surface area is 120 Å². The summed E-state index contributed by atoms with van der Waals surface area (Å²) in [7, 11) is 0. The number of thioether (sulfide) groups is 1. The molecule has 0 saturated carbocycles. The molecular weight excluding hydrogens is 252 g/mol. The quantitative estimate of drug-likeness (QED) is 0.825. The number of aromatic nitrogens is 1. The molecule has 0 radical (unpaired) electrons. The van der Waals surface area contributed by atoms with E-state index in [0.29, 0.717) is 6.04 Å². The van der Waals surface area contributed by atoms with Gasteiger partial charge in [0, 0.05) is 23.8 Å². The zero-order valence-electron chi connectivity index (χ0n) is 11.7. The van der Waals surface area contributed by atoms with E-state index in [2.05, 4.69) is 47.7 Å². The third-order valence-electron chi connectivity index (χ3n) is 3.34. The molecule has 0 amide bonds. The molecule has 0 fully saturated rings. The molecule has 1 unspecified atom stereocenters. The minimum Gasteiger partial charge on any atom is -0.310 e. The van der Waals surface area contributed by atoms with Crippen LogP contribution >= 0.6 is 11.8 Å². The fraction of sp³-hybridized carbons (Fsp3) is 0.438. The van der Waals surface area contributed by atoms with Gasteiger partial charge in [-0.15, -0.1) is 0 Å². The largest absolute Gasteiger partial charge is 0.310 e. The highest BCUT2D eigenvalue weighted by atomic mass is 32.2. The van der Waals surface area contributed by atoms with Gasteiger partial charge in [0.25, 0.3) is 0 Å². The molecule has 2 rings (SSSR count). The second-order valence-corrected chi connectivity index (χ2v) is 5.72. The van der Waals surface area contributed by atoms with Crippen LogP contribution in [0.1, 0.15) is 31.4 Å². The fourth-order valence-corrected chi connectivity index (χ4v) is 2.84. The summed E-state index contributed by atoms with van der Waals surface area (Å²) in [5.74, 6) is 1.18. The summed E-state index contributed by atoms with van der Waals surface area (Å²) in [5, 5.41) is 6.23. The van der Waals surface area contributed by atoms with Crippen LogP contribution < -0.4 is 5.32 Å². The molecule has 102 valence electrons. The lowest BCUT2D eigenvalue weighted by Gasteiger charge is -2.20. The highest BCUT2D eigenvalue weighted by molar-refractivity contribution is 7.98. The number of nitrogens with one attached hydrogen (secondary N) is 1. The van der Waals surface area contributed by atoms with Gasteiger partial charge >= 0.3 is 0 Å². The van der Waals surface area contributed by atoms with Gasteiger partial charge in [-0.25, -0.2) is 0 Å². The van der Waals surface area contributed by atoms with E-state index in [1.165, 1.54) is 34.9 Å². The zero-order valence-corrected chi connectivity index (χ0v) is 12.5. The fourth-order valence-electron chi connectivity index (χ4n) is 2.37. The molecule has 1 aromatic heterocycles. The van der Waals surface area contributed by atoms with E-state index in [1.54, 1.807) is 0 Å². The van der Waals surface area contributed by atoms with Crippen molar-refractivity contribution in [1.29, 1.82) is 0 Å². The zero-order chi connectivity index (χ0) is 13.5. The molecule has 0 aliphatic rings. The van der Waals surface area contributed by atoms with Gasteiger partial charge in [0.15, 0.2) is 0 Å². The van der Waals surface area contributed by atoms with Crippen LogP contribution in [0.5, 0.6) is 0 Å². The smallest absolute Gasteiger partial charge is 0.0346 e. The molecule has 1 atom stereocenters. The van der Waals surface area contributed by atoms with Crippen LogP contribution in [0.3, 0.4) is 0 Å². The topological polar surface area (TPSA) is 24.9 Å². The molecular formula is C16H22N2S. The third-order valence-corrected chi connectivity index (χ3v) is 3.99. The van der Waals surface area contributed by atoms with Crippen molar-refractivity contribution in [2.24, 2.45) is 0 Å². The van der Waals surface area contributed by atoms with Gasteiger partial charge in [0.1, 0.15) is 0 Å². The Kier molecular flexibility index (Phi) is 5.67. The summed E-state index contributed by atoms with van der Waals surface area (Å²) < 4.78 is 0. The van der Waals surface area contributed by atoms with Crippen LogP contribution in [0.4, 0.5) is 0 Å². The van der Waals surface area contributed by atoms with Crippen LogP contribution in [0.25, 0.3) is 10.8 Å². The van der Waals surface area contributed by atoms with Gasteiger partial charge in [-0.3, -0.25) is 4.98 Å². The number of nitrogens with zero attached hydrogens (tertiary/aromatic N) is 1. The lowest BCUT2D eigenvalue weighted by Crippen LogP contribution is -2.23. The van der Waals surface area contributed by atoms with E-state index in [0.717, 1.165) is 6.54 Å².